The van der Waals surface area contributed by atoms with Gasteiger partial charge in [0.15, 0.2) is 0 Å². The smallest absolute Gasteiger partial charge is 0.0815 e. The van der Waals surface area contributed by atoms with E-state index >= 15 is 0 Å². The van der Waals surface area contributed by atoms with Gasteiger partial charge in [0.1, 0.15) is 0 Å². The summed E-state index contributed by atoms with van der Waals surface area (Å²) in [6.07, 6.45) is 0. The van der Waals surface area contributed by atoms with Gasteiger partial charge in [-0.1, -0.05) is 59.6 Å². The monoisotopic (exact) mass is 361 g/mol. The summed E-state index contributed by atoms with van der Waals surface area (Å²) in [6, 6.07) is 24.9. The molecule has 2 aromatic heterocycles. The van der Waals surface area contributed by atoms with E-state index in [0.29, 0.717) is 0 Å². The average Bonchev–Trinajstić information content (AvgIpc) is 3.17. The van der Waals surface area contributed by atoms with Crippen LogP contribution >= 0.6 is 22.9 Å². The number of thiophene rings is 1. The third-order valence-electron chi connectivity index (χ3n) is 4.12. The normalized spacial score (nSPS) is 10.8. The Kier molecular flexibility index (Phi) is 4.39. The van der Waals surface area contributed by atoms with Crippen molar-refractivity contribution in [2.24, 2.45) is 0 Å². The summed E-state index contributed by atoms with van der Waals surface area (Å²) < 4.78 is 0. The molecule has 2 aromatic carbocycles. The second kappa shape index (κ2) is 6.83. The van der Waals surface area contributed by atoms with Crippen LogP contribution in [0, 0.1) is 6.92 Å². The Labute approximate surface area is 156 Å². The molecule has 0 spiro atoms. The maximum atomic E-state index is 6.03. The van der Waals surface area contributed by atoms with Gasteiger partial charge in [0.05, 0.1) is 16.3 Å². The van der Waals surface area contributed by atoms with Crippen LogP contribution < -0.4 is 0 Å². The van der Waals surface area contributed by atoms with Crippen LogP contribution in [0.25, 0.3) is 33.0 Å². The molecule has 0 radical (unpaired) electrons. The van der Waals surface area contributed by atoms with Crippen molar-refractivity contribution < 1.29 is 0 Å². The van der Waals surface area contributed by atoms with E-state index in [2.05, 4.69) is 60.8 Å². The zero-order chi connectivity index (χ0) is 17.2. The van der Waals surface area contributed by atoms with Crippen LogP contribution in [0.2, 0.25) is 5.02 Å². The number of pyridine rings is 1. The van der Waals surface area contributed by atoms with E-state index < -0.39 is 0 Å². The molecule has 4 aromatic rings. The molecule has 0 aliphatic rings. The Balaban J connectivity index is 1.88. The van der Waals surface area contributed by atoms with Crippen molar-refractivity contribution in [3.05, 3.63) is 88.8 Å². The Bertz CT molecular complexity index is 924. The number of hydrogen-bond acceptors (Lipinski definition) is 2. The first-order valence-corrected chi connectivity index (χ1v) is 9.34. The maximum absolute atomic E-state index is 6.03. The Morgan fingerprint density at radius 1 is 0.760 bits per heavy atom. The lowest BCUT2D eigenvalue weighted by Crippen LogP contribution is -1.90. The second-order valence-corrected chi connectivity index (χ2v) is 7.36. The van der Waals surface area contributed by atoms with Gasteiger partial charge in [-0.3, -0.25) is 0 Å². The average molecular weight is 362 g/mol. The largest absolute Gasteiger partial charge is 0.247 e. The van der Waals surface area contributed by atoms with Gasteiger partial charge in [0.2, 0.25) is 0 Å². The van der Waals surface area contributed by atoms with Crippen LogP contribution in [-0.2, 0) is 0 Å². The van der Waals surface area contributed by atoms with Crippen LogP contribution in [0.5, 0.6) is 0 Å². The lowest BCUT2D eigenvalue weighted by molar-refractivity contribution is 1.33. The van der Waals surface area contributed by atoms with E-state index in [1.54, 1.807) is 11.3 Å². The van der Waals surface area contributed by atoms with Crippen LogP contribution in [0.3, 0.4) is 0 Å². The standard InChI is InChI=1S/C22H16ClNS/c1-15-4-6-16(7-5-15)18-13-20(17-8-10-19(23)11-9-17)24-21(14-18)22-3-2-12-25-22/h2-14H,1H3. The predicted octanol–water partition coefficient (Wildman–Crippen LogP) is 7.11. The summed E-state index contributed by atoms with van der Waals surface area (Å²) in [7, 11) is 0. The molecular weight excluding hydrogens is 346 g/mol. The van der Waals surface area contributed by atoms with Crippen molar-refractivity contribution in [2.75, 3.05) is 0 Å². The van der Waals surface area contributed by atoms with Crippen molar-refractivity contribution >= 4 is 22.9 Å². The minimum absolute atomic E-state index is 0.733. The summed E-state index contributed by atoms with van der Waals surface area (Å²) in [5.74, 6) is 0. The molecular formula is C22H16ClNS. The van der Waals surface area contributed by atoms with E-state index in [9.17, 15) is 0 Å². The number of nitrogens with zero attached hydrogens (tertiary/aromatic N) is 1. The first-order chi connectivity index (χ1) is 12.2. The molecule has 0 fully saturated rings. The molecule has 0 N–H and O–H groups in total. The van der Waals surface area contributed by atoms with Gasteiger partial charge in [-0.05, 0) is 53.8 Å². The highest BCUT2D eigenvalue weighted by molar-refractivity contribution is 7.13. The number of aromatic nitrogens is 1. The molecule has 122 valence electrons. The van der Waals surface area contributed by atoms with Gasteiger partial charge in [-0.15, -0.1) is 11.3 Å². The summed E-state index contributed by atoms with van der Waals surface area (Å²) in [5, 5.41) is 2.81. The summed E-state index contributed by atoms with van der Waals surface area (Å²) >= 11 is 7.74. The van der Waals surface area contributed by atoms with Gasteiger partial charge in [0, 0.05) is 10.6 Å². The van der Waals surface area contributed by atoms with E-state index in [4.69, 9.17) is 16.6 Å². The van der Waals surface area contributed by atoms with Gasteiger partial charge in [-0.2, -0.15) is 0 Å². The Morgan fingerprint density at radius 2 is 1.44 bits per heavy atom. The fraction of sp³-hybridized carbons (Fsp3) is 0.0455. The number of hydrogen-bond donors (Lipinski definition) is 0. The molecule has 4 rings (SSSR count). The minimum Gasteiger partial charge on any atom is -0.247 e. The molecule has 0 aliphatic heterocycles. The SMILES string of the molecule is Cc1ccc(-c2cc(-c3ccc(Cl)cc3)nc(-c3cccs3)c2)cc1. The van der Waals surface area contributed by atoms with Crippen LogP contribution in [0.4, 0.5) is 0 Å². The van der Waals surface area contributed by atoms with E-state index in [1.165, 1.54) is 21.6 Å². The van der Waals surface area contributed by atoms with E-state index in [0.717, 1.165) is 22.0 Å². The van der Waals surface area contributed by atoms with Crippen molar-refractivity contribution in [3.63, 3.8) is 0 Å². The number of halogens is 1. The summed E-state index contributed by atoms with van der Waals surface area (Å²) in [4.78, 5) is 6.06. The van der Waals surface area contributed by atoms with Gasteiger partial charge in [0.25, 0.3) is 0 Å². The van der Waals surface area contributed by atoms with Crippen molar-refractivity contribution in [1.29, 1.82) is 0 Å². The van der Waals surface area contributed by atoms with Crippen molar-refractivity contribution in [3.8, 4) is 33.0 Å². The van der Waals surface area contributed by atoms with Crippen LogP contribution in [0.1, 0.15) is 5.56 Å². The molecule has 25 heavy (non-hydrogen) atoms. The summed E-state index contributed by atoms with van der Waals surface area (Å²) in [5.41, 5.74) is 6.64. The molecule has 0 atom stereocenters. The molecule has 0 saturated heterocycles. The van der Waals surface area contributed by atoms with E-state index in [-0.39, 0.29) is 0 Å². The fourth-order valence-electron chi connectivity index (χ4n) is 2.76. The molecule has 0 saturated carbocycles. The predicted molar refractivity (Wildman–Crippen MR) is 108 cm³/mol. The first-order valence-electron chi connectivity index (χ1n) is 8.08. The second-order valence-electron chi connectivity index (χ2n) is 5.98. The van der Waals surface area contributed by atoms with Gasteiger partial charge < -0.3 is 0 Å². The third kappa shape index (κ3) is 3.51. The Morgan fingerprint density at radius 3 is 2.12 bits per heavy atom. The fourth-order valence-corrected chi connectivity index (χ4v) is 3.57. The van der Waals surface area contributed by atoms with Crippen LogP contribution in [0.15, 0.2) is 78.2 Å². The highest BCUT2D eigenvalue weighted by atomic mass is 35.5. The summed E-state index contributed by atoms with van der Waals surface area (Å²) in [6.45, 7) is 2.10. The topological polar surface area (TPSA) is 12.9 Å². The molecule has 0 amide bonds. The number of aryl methyl sites for hydroxylation is 1. The van der Waals surface area contributed by atoms with Crippen LogP contribution in [-0.4, -0.2) is 4.98 Å². The van der Waals surface area contributed by atoms with Gasteiger partial charge in [-0.25, -0.2) is 4.98 Å². The van der Waals surface area contributed by atoms with Crippen molar-refractivity contribution in [2.45, 2.75) is 6.92 Å². The molecule has 1 nitrogen and oxygen atoms in total. The highest BCUT2D eigenvalue weighted by Gasteiger charge is 2.09. The van der Waals surface area contributed by atoms with Crippen molar-refractivity contribution in [1.82, 2.24) is 4.98 Å². The zero-order valence-corrected chi connectivity index (χ0v) is 15.3. The third-order valence-corrected chi connectivity index (χ3v) is 5.27. The Hall–Kier alpha value is -2.42. The number of benzene rings is 2. The minimum atomic E-state index is 0.733. The zero-order valence-electron chi connectivity index (χ0n) is 13.7. The number of rotatable bonds is 3. The molecule has 0 bridgehead atoms. The molecule has 2 heterocycles. The lowest BCUT2D eigenvalue weighted by atomic mass is 10.0. The lowest BCUT2D eigenvalue weighted by Gasteiger charge is -2.09. The molecule has 0 unspecified atom stereocenters. The first kappa shape index (κ1) is 16.1. The van der Waals surface area contributed by atoms with E-state index in [1.807, 2.05) is 24.3 Å². The molecule has 0 aliphatic carbocycles. The van der Waals surface area contributed by atoms with Gasteiger partial charge >= 0.3 is 0 Å². The quantitative estimate of drug-likeness (QED) is 0.379. The molecule has 3 heteroatoms. The highest BCUT2D eigenvalue weighted by Crippen LogP contribution is 2.32. The maximum Gasteiger partial charge on any atom is 0.0815 e.